The maximum Gasteiger partial charge on any atom is 0.177 e. The smallest absolute Gasteiger partial charge is 0.177 e. The number of rotatable bonds is 2. The molecule has 1 N–H and O–H groups in total. The van der Waals surface area contributed by atoms with Crippen LogP contribution in [0, 0.1) is 19.8 Å². The van der Waals surface area contributed by atoms with E-state index in [1.807, 2.05) is 0 Å². The Morgan fingerprint density at radius 2 is 2.00 bits per heavy atom. The highest BCUT2D eigenvalue weighted by atomic mass is 35.5. The maximum atomic E-state index is 5.56. The third kappa shape index (κ3) is 2.40. The van der Waals surface area contributed by atoms with Crippen LogP contribution in [0.4, 0.5) is 5.82 Å². The van der Waals surface area contributed by atoms with Gasteiger partial charge in [0.1, 0.15) is 0 Å². The summed E-state index contributed by atoms with van der Waals surface area (Å²) in [5, 5.41) is 9.02. The summed E-state index contributed by atoms with van der Waals surface area (Å²) in [5.74, 6) is 1.71. The second-order valence-electron chi connectivity index (χ2n) is 6.30. The van der Waals surface area contributed by atoms with Crippen LogP contribution in [-0.2, 0) is 0 Å². The molecule has 0 unspecified atom stereocenters. The van der Waals surface area contributed by atoms with Crippen LogP contribution in [0.25, 0.3) is 11.0 Å². The first-order valence-electron chi connectivity index (χ1n) is 7.57. The van der Waals surface area contributed by atoms with Crippen molar-refractivity contribution >= 4 is 29.2 Å². The lowest BCUT2D eigenvalue weighted by Gasteiger charge is -2.44. The summed E-state index contributed by atoms with van der Waals surface area (Å²) in [6.07, 6.45) is 2.62. The number of piperidine rings is 3. The fourth-order valence-electron chi connectivity index (χ4n) is 3.64. The molecule has 3 fully saturated rings. The zero-order chi connectivity index (χ0) is 13.7. The molecule has 114 valence electrons. The van der Waals surface area contributed by atoms with Gasteiger partial charge in [0, 0.05) is 12.6 Å². The average Bonchev–Trinajstić information content (AvgIpc) is 2.88. The minimum absolute atomic E-state index is 0. The van der Waals surface area contributed by atoms with Gasteiger partial charge in [-0.2, -0.15) is 0 Å². The number of aryl methyl sites for hydroxylation is 2. The van der Waals surface area contributed by atoms with E-state index >= 15 is 0 Å². The van der Waals surface area contributed by atoms with Gasteiger partial charge in [-0.1, -0.05) is 11.2 Å². The fourth-order valence-corrected chi connectivity index (χ4v) is 3.64. The van der Waals surface area contributed by atoms with Crippen molar-refractivity contribution < 1.29 is 4.52 Å². The molecule has 5 heteroatoms. The Balaban J connectivity index is 0.00000132. The Morgan fingerprint density at radius 3 is 2.67 bits per heavy atom. The zero-order valence-electron chi connectivity index (χ0n) is 12.6. The van der Waals surface area contributed by atoms with Crippen molar-refractivity contribution in [2.24, 2.45) is 5.92 Å². The lowest BCUT2D eigenvalue weighted by Crippen LogP contribution is -2.53. The normalized spacial score (nSPS) is 27.6. The molecule has 3 aliphatic rings. The molecule has 0 saturated carbocycles. The predicted molar refractivity (Wildman–Crippen MR) is 87.3 cm³/mol. The summed E-state index contributed by atoms with van der Waals surface area (Å²) in [6, 6.07) is 4.79. The van der Waals surface area contributed by atoms with Gasteiger partial charge in [0.05, 0.1) is 5.39 Å². The lowest BCUT2D eigenvalue weighted by atomic mass is 9.84. The number of halogens is 1. The Kier molecular flexibility index (Phi) is 3.84. The van der Waals surface area contributed by atoms with Gasteiger partial charge in [-0.3, -0.25) is 0 Å². The molecule has 3 saturated heterocycles. The molecule has 2 aromatic rings. The molecule has 0 spiro atoms. The number of aromatic nitrogens is 1. The van der Waals surface area contributed by atoms with Crippen LogP contribution in [0.15, 0.2) is 16.7 Å². The minimum atomic E-state index is 0. The number of nitrogens with zero attached hydrogens (tertiary/aromatic N) is 2. The van der Waals surface area contributed by atoms with E-state index < -0.39 is 0 Å². The van der Waals surface area contributed by atoms with Crippen molar-refractivity contribution in [1.82, 2.24) is 10.1 Å². The third-order valence-corrected chi connectivity index (χ3v) is 5.14. The molecule has 0 aliphatic carbocycles. The van der Waals surface area contributed by atoms with Crippen molar-refractivity contribution in [3.05, 3.63) is 23.3 Å². The van der Waals surface area contributed by atoms with E-state index in [1.54, 1.807) is 0 Å². The van der Waals surface area contributed by atoms with Gasteiger partial charge < -0.3 is 14.7 Å². The van der Waals surface area contributed by atoms with Gasteiger partial charge in [0.15, 0.2) is 11.4 Å². The van der Waals surface area contributed by atoms with E-state index in [4.69, 9.17) is 4.52 Å². The molecule has 21 heavy (non-hydrogen) atoms. The molecule has 3 aliphatic heterocycles. The average molecular weight is 308 g/mol. The second kappa shape index (κ2) is 5.50. The summed E-state index contributed by atoms with van der Waals surface area (Å²) in [4.78, 5) is 2.55. The van der Waals surface area contributed by atoms with Gasteiger partial charge in [-0.25, -0.2) is 0 Å². The molecule has 4 heterocycles. The van der Waals surface area contributed by atoms with Gasteiger partial charge in [-0.05, 0) is 62.9 Å². The summed E-state index contributed by atoms with van der Waals surface area (Å²) in [6.45, 7) is 7.88. The quantitative estimate of drug-likeness (QED) is 0.923. The number of nitrogens with one attached hydrogen (secondary N) is 1. The van der Waals surface area contributed by atoms with Crippen LogP contribution in [-0.4, -0.2) is 35.7 Å². The topological polar surface area (TPSA) is 41.3 Å². The Hall–Kier alpha value is -1.26. The van der Waals surface area contributed by atoms with E-state index in [0.717, 1.165) is 29.2 Å². The molecule has 5 rings (SSSR count). The number of fused-ring (bicyclic) bond motifs is 4. The molecular formula is C16H22ClN3O. The molecule has 0 amide bonds. The molecule has 4 nitrogen and oxygen atoms in total. The molecule has 0 radical (unpaired) electrons. The van der Waals surface area contributed by atoms with Gasteiger partial charge in [0.2, 0.25) is 0 Å². The zero-order valence-corrected chi connectivity index (χ0v) is 13.4. The fraction of sp³-hybridized carbons (Fsp3) is 0.562. The lowest BCUT2D eigenvalue weighted by molar-refractivity contribution is 0.0973. The van der Waals surface area contributed by atoms with Gasteiger partial charge in [-0.15, -0.1) is 12.4 Å². The predicted octanol–water partition coefficient (Wildman–Crippen LogP) is 3.37. The minimum Gasteiger partial charge on any atom is -0.362 e. The molecule has 1 atom stereocenters. The van der Waals surface area contributed by atoms with Gasteiger partial charge in [0.25, 0.3) is 0 Å². The number of hydrogen-bond acceptors (Lipinski definition) is 4. The Morgan fingerprint density at radius 1 is 1.24 bits per heavy atom. The Bertz CT molecular complexity index is 646. The monoisotopic (exact) mass is 307 g/mol. The first-order chi connectivity index (χ1) is 9.72. The standard InChI is InChI=1S/C16H21N3O.ClH/c1-10-3-4-13-15(11(10)2)20-18-16(13)17-14-9-19-7-5-12(14)6-8-19;/h3-4,12,14H,5-9H2,1-2H3,(H,17,18);1H/t14-;/m0./s1. The van der Waals surface area contributed by atoms with E-state index in [-0.39, 0.29) is 12.4 Å². The van der Waals surface area contributed by atoms with Crippen molar-refractivity contribution in [3.63, 3.8) is 0 Å². The van der Waals surface area contributed by atoms with Crippen molar-refractivity contribution in [2.75, 3.05) is 25.0 Å². The second-order valence-corrected chi connectivity index (χ2v) is 6.30. The highest BCUT2D eigenvalue weighted by Gasteiger charge is 2.34. The summed E-state index contributed by atoms with van der Waals surface area (Å²) >= 11 is 0. The number of anilines is 1. The summed E-state index contributed by atoms with van der Waals surface area (Å²) in [5.41, 5.74) is 3.37. The van der Waals surface area contributed by atoms with Crippen LogP contribution in [0.5, 0.6) is 0 Å². The molecule has 1 aromatic carbocycles. The largest absolute Gasteiger partial charge is 0.362 e. The third-order valence-electron chi connectivity index (χ3n) is 5.14. The summed E-state index contributed by atoms with van der Waals surface area (Å²) in [7, 11) is 0. The van der Waals surface area contributed by atoms with E-state index in [2.05, 4.69) is 41.4 Å². The molecule has 2 bridgehead atoms. The van der Waals surface area contributed by atoms with Crippen LogP contribution >= 0.6 is 12.4 Å². The van der Waals surface area contributed by atoms with Crippen LogP contribution in [0.3, 0.4) is 0 Å². The van der Waals surface area contributed by atoms with Crippen LogP contribution in [0.1, 0.15) is 24.0 Å². The van der Waals surface area contributed by atoms with E-state index in [0.29, 0.717) is 6.04 Å². The van der Waals surface area contributed by atoms with Gasteiger partial charge >= 0.3 is 0 Å². The first kappa shape index (κ1) is 14.7. The molecular weight excluding hydrogens is 286 g/mol. The summed E-state index contributed by atoms with van der Waals surface area (Å²) < 4.78 is 5.56. The van der Waals surface area contributed by atoms with Crippen LogP contribution < -0.4 is 5.32 Å². The number of hydrogen-bond donors (Lipinski definition) is 1. The maximum absolute atomic E-state index is 5.56. The first-order valence-corrected chi connectivity index (χ1v) is 7.57. The van der Waals surface area contributed by atoms with Crippen molar-refractivity contribution in [2.45, 2.75) is 32.7 Å². The highest BCUT2D eigenvalue weighted by Crippen LogP contribution is 2.32. The molecule has 1 aromatic heterocycles. The van der Waals surface area contributed by atoms with E-state index in [1.165, 1.54) is 37.1 Å². The van der Waals surface area contributed by atoms with E-state index in [9.17, 15) is 0 Å². The van der Waals surface area contributed by atoms with Crippen molar-refractivity contribution in [1.29, 1.82) is 0 Å². The SMILES string of the molecule is Cc1ccc2c(N[C@H]3CN4CCC3CC4)noc2c1C.Cl. The van der Waals surface area contributed by atoms with Crippen LogP contribution in [0.2, 0.25) is 0 Å². The highest BCUT2D eigenvalue weighted by molar-refractivity contribution is 5.90. The van der Waals surface area contributed by atoms with Crippen molar-refractivity contribution in [3.8, 4) is 0 Å². The Labute approximate surface area is 131 Å². The number of benzene rings is 1.